The molecule has 0 radical (unpaired) electrons. The van der Waals surface area contributed by atoms with Gasteiger partial charge in [0.2, 0.25) is 12.3 Å². The van der Waals surface area contributed by atoms with Crippen LogP contribution in [0.15, 0.2) is 0 Å². The molecule has 1 N–H and O–H groups in total. The number of likely N-dealkylation sites (N-methyl/N-ethyl adjacent to an activating group) is 1. The van der Waals surface area contributed by atoms with Gasteiger partial charge in [-0.15, -0.1) is 0 Å². The molecule has 124 valence electrons. The maximum Gasteiger partial charge on any atom is 0.237 e. The van der Waals surface area contributed by atoms with E-state index < -0.39 is 11.1 Å². The van der Waals surface area contributed by atoms with E-state index in [1.165, 1.54) is 0 Å². The summed E-state index contributed by atoms with van der Waals surface area (Å²) in [5, 5.41) is 3.14. The number of nitrogens with zero attached hydrogens (tertiary/aromatic N) is 2. The highest BCUT2D eigenvalue weighted by atomic mass is 16.2. The quantitative estimate of drug-likeness (QED) is 0.728. The Labute approximate surface area is 130 Å². The molecule has 0 aliphatic heterocycles. The Kier molecular flexibility index (Phi) is 6.01. The number of carbonyl (C=O) groups is 2. The zero-order chi connectivity index (χ0) is 17.2. The molecular formula is C16H33N3O2. The van der Waals surface area contributed by atoms with Gasteiger partial charge in [-0.3, -0.25) is 14.5 Å². The summed E-state index contributed by atoms with van der Waals surface area (Å²) >= 11 is 0. The molecule has 0 aliphatic carbocycles. The van der Waals surface area contributed by atoms with Crippen molar-refractivity contribution in [1.29, 1.82) is 0 Å². The minimum Gasteiger partial charge on any atom is -0.349 e. The summed E-state index contributed by atoms with van der Waals surface area (Å²) in [6, 6.07) is -0.202. The topological polar surface area (TPSA) is 52.7 Å². The zero-order valence-electron chi connectivity index (χ0n) is 15.4. The largest absolute Gasteiger partial charge is 0.349 e. The van der Waals surface area contributed by atoms with Crippen molar-refractivity contribution < 1.29 is 9.59 Å². The molecule has 1 atom stereocenters. The first-order chi connectivity index (χ1) is 9.22. The Morgan fingerprint density at radius 2 is 1.48 bits per heavy atom. The van der Waals surface area contributed by atoms with Crippen LogP contribution in [-0.4, -0.2) is 60.4 Å². The predicted molar refractivity (Wildman–Crippen MR) is 87.1 cm³/mol. The van der Waals surface area contributed by atoms with Gasteiger partial charge >= 0.3 is 0 Å². The second-order valence-electron chi connectivity index (χ2n) is 7.65. The van der Waals surface area contributed by atoms with E-state index in [1.54, 1.807) is 11.9 Å². The van der Waals surface area contributed by atoms with Gasteiger partial charge < -0.3 is 10.2 Å². The van der Waals surface area contributed by atoms with Crippen molar-refractivity contribution in [3.63, 3.8) is 0 Å². The van der Waals surface area contributed by atoms with Gasteiger partial charge in [0.15, 0.2) is 0 Å². The van der Waals surface area contributed by atoms with Crippen LogP contribution >= 0.6 is 0 Å². The summed E-state index contributed by atoms with van der Waals surface area (Å²) < 4.78 is 0. The van der Waals surface area contributed by atoms with Crippen molar-refractivity contribution in [1.82, 2.24) is 15.1 Å². The molecule has 0 spiro atoms. The van der Waals surface area contributed by atoms with E-state index in [2.05, 4.69) is 19.2 Å². The fourth-order valence-corrected chi connectivity index (χ4v) is 2.14. The third kappa shape index (κ3) is 3.76. The maximum atomic E-state index is 12.4. The van der Waals surface area contributed by atoms with Crippen LogP contribution in [0.25, 0.3) is 0 Å². The normalized spacial score (nSPS) is 14.8. The molecule has 0 heterocycles. The molecular weight excluding hydrogens is 266 g/mol. The molecule has 21 heavy (non-hydrogen) atoms. The average Bonchev–Trinajstić information content (AvgIpc) is 2.35. The summed E-state index contributed by atoms with van der Waals surface area (Å²) in [5.41, 5.74) is -1.22. The van der Waals surface area contributed by atoms with E-state index >= 15 is 0 Å². The lowest BCUT2D eigenvalue weighted by Gasteiger charge is -2.55. The highest BCUT2D eigenvalue weighted by Gasteiger charge is 2.50. The van der Waals surface area contributed by atoms with Crippen molar-refractivity contribution in [3.8, 4) is 0 Å². The van der Waals surface area contributed by atoms with E-state index in [0.717, 1.165) is 6.41 Å². The van der Waals surface area contributed by atoms with Gasteiger partial charge in [-0.2, -0.15) is 0 Å². The number of nitrogens with one attached hydrogen (secondary N) is 1. The van der Waals surface area contributed by atoms with E-state index in [4.69, 9.17) is 0 Å². The Bertz CT molecular complexity index is 387. The minimum absolute atomic E-state index is 0.0115. The van der Waals surface area contributed by atoms with Crippen LogP contribution in [0.5, 0.6) is 0 Å². The summed E-state index contributed by atoms with van der Waals surface area (Å²) in [4.78, 5) is 27.1. The first-order valence-electron chi connectivity index (χ1n) is 7.39. The van der Waals surface area contributed by atoms with Gasteiger partial charge in [0.05, 0.1) is 6.04 Å². The summed E-state index contributed by atoms with van der Waals surface area (Å²) in [6.07, 6.45) is 0.835. The zero-order valence-corrected chi connectivity index (χ0v) is 15.4. The fourth-order valence-electron chi connectivity index (χ4n) is 2.14. The first-order valence-corrected chi connectivity index (χ1v) is 7.39. The third-order valence-corrected chi connectivity index (χ3v) is 5.72. The van der Waals surface area contributed by atoms with Crippen LogP contribution in [0.2, 0.25) is 0 Å². The van der Waals surface area contributed by atoms with Gasteiger partial charge in [-0.05, 0) is 48.7 Å². The van der Waals surface area contributed by atoms with E-state index in [1.807, 2.05) is 53.6 Å². The monoisotopic (exact) mass is 299 g/mol. The number of rotatable bonds is 7. The SMILES string of the molecule is CC(C(=O)NC(C)(C)C(C)(C)C(C)(C)N(C)C=O)N(C)C. The van der Waals surface area contributed by atoms with Crippen molar-refractivity contribution in [2.75, 3.05) is 21.1 Å². The predicted octanol–water partition coefficient (Wildman–Crippen LogP) is 1.72. The molecule has 0 aromatic heterocycles. The molecule has 0 fully saturated rings. The summed E-state index contributed by atoms with van der Waals surface area (Å²) in [7, 11) is 5.54. The van der Waals surface area contributed by atoms with Crippen molar-refractivity contribution in [2.24, 2.45) is 5.41 Å². The lowest BCUT2D eigenvalue weighted by atomic mass is 9.62. The highest BCUT2D eigenvalue weighted by molar-refractivity contribution is 5.82. The molecule has 0 aromatic rings. The Morgan fingerprint density at radius 1 is 1.05 bits per heavy atom. The van der Waals surface area contributed by atoms with Crippen molar-refractivity contribution >= 4 is 12.3 Å². The molecule has 0 rings (SSSR count). The number of hydrogen-bond acceptors (Lipinski definition) is 3. The summed E-state index contributed by atoms with van der Waals surface area (Å²) in [6.45, 7) is 14.1. The molecule has 0 aromatic carbocycles. The highest BCUT2D eigenvalue weighted by Crippen LogP contribution is 2.43. The lowest BCUT2D eigenvalue weighted by Crippen LogP contribution is -2.66. The Balaban J connectivity index is 5.39. The Hall–Kier alpha value is -1.10. The smallest absolute Gasteiger partial charge is 0.237 e. The van der Waals surface area contributed by atoms with Crippen LogP contribution in [0.3, 0.4) is 0 Å². The maximum absolute atomic E-state index is 12.4. The number of carbonyl (C=O) groups excluding carboxylic acids is 2. The third-order valence-electron chi connectivity index (χ3n) is 5.72. The molecule has 1 unspecified atom stereocenters. The van der Waals surface area contributed by atoms with E-state index in [9.17, 15) is 9.59 Å². The first kappa shape index (κ1) is 19.9. The number of hydrogen-bond donors (Lipinski definition) is 1. The van der Waals surface area contributed by atoms with Gasteiger partial charge in [-0.1, -0.05) is 13.8 Å². The Morgan fingerprint density at radius 3 is 1.81 bits per heavy atom. The molecule has 5 heteroatoms. The molecule has 0 aliphatic rings. The molecule has 0 saturated heterocycles. The summed E-state index contributed by atoms with van der Waals surface area (Å²) in [5.74, 6) is -0.0115. The van der Waals surface area contributed by atoms with Gasteiger partial charge in [0.1, 0.15) is 0 Å². The van der Waals surface area contributed by atoms with Crippen LogP contribution in [-0.2, 0) is 9.59 Å². The average molecular weight is 299 g/mol. The minimum atomic E-state index is -0.477. The van der Waals surface area contributed by atoms with Gasteiger partial charge in [0.25, 0.3) is 0 Å². The fraction of sp³-hybridized carbons (Fsp3) is 0.875. The van der Waals surface area contributed by atoms with Gasteiger partial charge in [0, 0.05) is 23.5 Å². The van der Waals surface area contributed by atoms with Gasteiger partial charge in [-0.25, -0.2) is 0 Å². The van der Waals surface area contributed by atoms with Crippen LogP contribution < -0.4 is 5.32 Å². The van der Waals surface area contributed by atoms with E-state index in [-0.39, 0.29) is 17.4 Å². The van der Waals surface area contributed by atoms with Crippen LogP contribution in [0.1, 0.15) is 48.5 Å². The molecule has 5 nitrogen and oxygen atoms in total. The molecule has 2 amide bonds. The lowest BCUT2D eigenvalue weighted by molar-refractivity contribution is -0.133. The van der Waals surface area contributed by atoms with Crippen molar-refractivity contribution in [2.45, 2.75) is 65.6 Å². The molecule has 0 bridgehead atoms. The second-order valence-corrected chi connectivity index (χ2v) is 7.65. The molecule has 0 saturated carbocycles. The standard InChI is InChI=1S/C16H33N3O2/c1-12(18(8)9)13(21)17-15(4,5)14(2,3)16(6,7)19(10)11-20/h11-12H,1-10H3,(H,17,21). The number of amides is 2. The van der Waals surface area contributed by atoms with Crippen molar-refractivity contribution in [3.05, 3.63) is 0 Å². The van der Waals surface area contributed by atoms with E-state index in [0.29, 0.717) is 0 Å². The second kappa shape index (κ2) is 6.34. The van der Waals surface area contributed by atoms with Crippen LogP contribution in [0.4, 0.5) is 0 Å². The van der Waals surface area contributed by atoms with Crippen LogP contribution in [0, 0.1) is 5.41 Å².